The van der Waals surface area contributed by atoms with Gasteiger partial charge in [0.25, 0.3) is 11.5 Å². The maximum Gasteiger partial charge on any atom is 0.269 e. The van der Waals surface area contributed by atoms with Crippen LogP contribution in [0.2, 0.25) is 0 Å². The van der Waals surface area contributed by atoms with E-state index in [1.807, 2.05) is 77.1 Å². The van der Waals surface area contributed by atoms with E-state index in [1.165, 1.54) is 10.5 Å². The predicted molar refractivity (Wildman–Crippen MR) is 140 cm³/mol. The number of aryl methyl sites for hydroxylation is 5. The quantitative estimate of drug-likeness (QED) is 0.299. The number of benzene rings is 2. The first-order valence-electron chi connectivity index (χ1n) is 11.4. The number of nitriles is 1. The lowest BCUT2D eigenvalue weighted by molar-refractivity contribution is -0.112. The van der Waals surface area contributed by atoms with E-state index < -0.39 is 11.5 Å². The summed E-state index contributed by atoms with van der Waals surface area (Å²) in [5, 5.41) is 12.5. The van der Waals surface area contributed by atoms with Crippen molar-refractivity contribution >= 4 is 23.3 Å². The highest BCUT2D eigenvalue weighted by Crippen LogP contribution is 2.27. The molecule has 0 aliphatic carbocycles. The van der Waals surface area contributed by atoms with Gasteiger partial charge in [0, 0.05) is 11.9 Å². The highest BCUT2D eigenvalue weighted by atomic mass is 16.5. The van der Waals surface area contributed by atoms with E-state index in [4.69, 9.17) is 4.74 Å². The summed E-state index contributed by atoms with van der Waals surface area (Å²) in [6.07, 6.45) is 2.83. The zero-order valence-corrected chi connectivity index (χ0v) is 20.8. The molecule has 7 heteroatoms. The van der Waals surface area contributed by atoms with E-state index in [1.54, 1.807) is 18.3 Å². The number of carbonyl (C=O) groups is 1. The van der Waals surface area contributed by atoms with Crippen LogP contribution in [0.4, 0.5) is 5.69 Å². The standard InChI is InChI=1S/C29H26N4O3/c1-17-11-18(2)13-24(12-17)36-28-25(29(35)33-10-6-7-20(4)26(33)32-28)15-22(16-30)27(34)31-23-9-8-19(3)21(5)14-23/h6-15H,1-5H3,(H,31,34)/b22-15-. The van der Waals surface area contributed by atoms with Gasteiger partial charge in [0.2, 0.25) is 5.88 Å². The minimum atomic E-state index is -0.633. The average molecular weight is 479 g/mol. The summed E-state index contributed by atoms with van der Waals surface area (Å²) in [5.41, 5.74) is 5.14. The molecular formula is C29H26N4O3. The Bertz CT molecular complexity index is 1620. The molecule has 4 aromatic rings. The van der Waals surface area contributed by atoms with Crippen LogP contribution in [-0.2, 0) is 4.79 Å². The fourth-order valence-electron chi connectivity index (χ4n) is 3.91. The van der Waals surface area contributed by atoms with E-state index in [9.17, 15) is 14.9 Å². The maximum atomic E-state index is 13.5. The Balaban J connectivity index is 1.84. The third-order valence-electron chi connectivity index (χ3n) is 5.88. The number of nitrogens with one attached hydrogen (secondary N) is 1. The molecule has 1 amide bonds. The second kappa shape index (κ2) is 9.88. The molecule has 7 nitrogen and oxygen atoms in total. The number of amides is 1. The van der Waals surface area contributed by atoms with Gasteiger partial charge in [-0.3, -0.25) is 14.0 Å². The van der Waals surface area contributed by atoms with Gasteiger partial charge < -0.3 is 10.1 Å². The number of anilines is 1. The van der Waals surface area contributed by atoms with Crippen molar-refractivity contribution in [3.8, 4) is 17.7 Å². The zero-order valence-electron chi connectivity index (χ0n) is 20.8. The average Bonchev–Trinajstić information content (AvgIpc) is 2.81. The second-order valence-corrected chi connectivity index (χ2v) is 8.87. The SMILES string of the molecule is Cc1cc(C)cc(Oc2nc3c(C)cccn3c(=O)c2/C=C(/C#N)C(=O)Nc2ccc(C)c(C)c2)c1. The minimum absolute atomic E-state index is 0.00375. The van der Waals surface area contributed by atoms with Crippen LogP contribution in [-0.4, -0.2) is 15.3 Å². The van der Waals surface area contributed by atoms with Gasteiger partial charge in [0.1, 0.15) is 28.6 Å². The highest BCUT2D eigenvalue weighted by Gasteiger charge is 2.18. The summed E-state index contributed by atoms with van der Waals surface area (Å²) in [5.74, 6) is -0.108. The lowest BCUT2D eigenvalue weighted by Gasteiger charge is -2.12. The molecule has 2 aromatic heterocycles. The molecular weight excluding hydrogens is 452 g/mol. The van der Waals surface area contributed by atoms with Crippen LogP contribution in [0.1, 0.15) is 33.4 Å². The molecule has 0 unspecified atom stereocenters. The molecule has 1 N–H and O–H groups in total. The van der Waals surface area contributed by atoms with Crippen LogP contribution in [0.25, 0.3) is 11.7 Å². The van der Waals surface area contributed by atoms with Crippen LogP contribution in [0.15, 0.2) is 65.1 Å². The van der Waals surface area contributed by atoms with Crippen molar-refractivity contribution in [3.63, 3.8) is 0 Å². The monoisotopic (exact) mass is 478 g/mol. The molecule has 0 saturated heterocycles. The minimum Gasteiger partial charge on any atom is -0.438 e. The van der Waals surface area contributed by atoms with Crippen LogP contribution in [0, 0.1) is 45.9 Å². The van der Waals surface area contributed by atoms with Gasteiger partial charge in [0.15, 0.2) is 0 Å². The molecule has 0 spiro atoms. The molecule has 0 saturated carbocycles. The molecule has 0 atom stereocenters. The fourth-order valence-corrected chi connectivity index (χ4v) is 3.91. The van der Waals surface area contributed by atoms with Gasteiger partial charge in [-0.25, -0.2) is 0 Å². The Morgan fingerprint density at radius 1 is 1.00 bits per heavy atom. The van der Waals surface area contributed by atoms with Crippen molar-refractivity contribution in [2.24, 2.45) is 0 Å². The fraction of sp³-hybridized carbons (Fsp3) is 0.172. The van der Waals surface area contributed by atoms with Gasteiger partial charge in [-0.1, -0.05) is 18.2 Å². The summed E-state index contributed by atoms with van der Waals surface area (Å²) >= 11 is 0. The van der Waals surface area contributed by atoms with Gasteiger partial charge in [-0.15, -0.1) is 0 Å². The largest absolute Gasteiger partial charge is 0.438 e. The molecule has 2 aromatic carbocycles. The Morgan fingerprint density at radius 2 is 1.72 bits per heavy atom. The Hall–Kier alpha value is -4.70. The lowest BCUT2D eigenvalue weighted by Crippen LogP contribution is -2.20. The van der Waals surface area contributed by atoms with Crippen molar-refractivity contribution < 1.29 is 9.53 Å². The maximum absolute atomic E-state index is 13.5. The molecule has 4 rings (SSSR count). The van der Waals surface area contributed by atoms with E-state index in [0.717, 1.165) is 27.8 Å². The summed E-state index contributed by atoms with van der Waals surface area (Å²) < 4.78 is 7.46. The van der Waals surface area contributed by atoms with Crippen LogP contribution < -0.4 is 15.6 Å². The molecule has 180 valence electrons. The smallest absolute Gasteiger partial charge is 0.269 e. The highest BCUT2D eigenvalue weighted by molar-refractivity contribution is 6.09. The van der Waals surface area contributed by atoms with Gasteiger partial charge in [0.05, 0.1) is 0 Å². The van der Waals surface area contributed by atoms with Crippen LogP contribution in [0.3, 0.4) is 0 Å². The number of ether oxygens (including phenoxy) is 1. The molecule has 0 fully saturated rings. The van der Waals surface area contributed by atoms with Gasteiger partial charge in [-0.05, 0) is 98.8 Å². The first kappa shape index (κ1) is 24.4. The van der Waals surface area contributed by atoms with Crippen molar-refractivity contribution in [2.75, 3.05) is 5.32 Å². The number of carbonyl (C=O) groups excluding carboxylic acids is 1. The number of nitrogens with zero attached hydrogens (tertiary/aromatic N) is 3. The van der Waals surface area contributed by atoms with E-state index >= 15 is 0 Å². The predicted octanol–water partition coefficient (Wildman–Crippen LogP) is 5.57. The van der Waals surface area contributed by atoms with Crippen molar-refractivity contribution in [1.82, 2.24) is 9.38 Å². The van der Waals surface area contributed by atoms with Gasteiger partial charge >= 0.3 is 0 Å². The molecule has 0 bridgehead atoms. The van der Waals surface area contributed by atoms with E-state index in [2.05, 4.69) is 10.3 Å². The van der Waals surface area contributed by atoms with E-state index in [0.29, 0.717) is 17.1 Å². The Morgan fingerprint density at radius 3 is 2.39 bits per heavy atom. The second-order valence-electron chi connectivity index (χ2n) is 8.87. The molecule has 0 radical (unpaired) electrons. The third-order valence-corrected chi connectivity index (χ3v) is 5.88. The normalized spacial score (nSPS) is 11.3. The van der Waals surface area contributed by atoms with Crippen molar-refractivity contribution in [2.45, 2.75) is 34.6 Å². The summed E-state index contributed by atoms with van der Waals surface area (Å²) in [6, 6.07) is 16.6. The van der Waals surface area contributed by atoms with Crippen LogP contribution >= 0.6 is 0 Å². The Kier molecular flexibility index (Phi) is 6.71. The molecule has 2 heterocycles. The molecule has 0 aliphatic heterocycles. The molecule has 36 heavy (non-hydrogen) atoms. The van der Waals surface area contributed by atoms with Crippen molar-refractivity contribution in [1.29, 1.82) is 5.26 Å². The first-order chi connectivity index (χ1) is 17.2. The topological polar surface area (TPSA) is 96.5 Å². The number of hydrogen-bond donors (Lipinski definition) is 1. The summed E-state index contributed by atoms with van der Waals surface area (Å²) in [7, 11) is 0. The van der Waals surface area contributed by atoms with Gasteiger partial charge in [-0.2, -0.15) is 10.2 Å². The first-order valence-corrected chi connectivity index (χ1v) is 11.4. The molecule has 0 aliphatic rings. The number of aromatic nitrogens is 2. The zero-order chi connectivity index (χ0) is 26.0. The van der Waals surface area contributed by atoms with E-state index in [-0.39, 0.29) is 17.0 Å². The lowest BCUT2D eigenvalue weighted by atomic mass is 10.1. The number of hydrogen-bond acceptors (Lipinski definition) is 5. The van der Waals surface area contributed by atoms with Crippen LogP contribution in [0.5, 0.6) is 11.6 Å². The summed E-state index contributed by atoms with van der Waals surface area (Å²) in [6.45, 7) is 9.64. The number of fused-ring (bicyclic) bond motifs is 1. The van der Waals surface area contributed by atoms with Crippen molar-refractivity contribution in [3.05, 3.63) is 104 Å². The summed E-state index contributed by atoms with van der Waals surface area (Å²) in [4.78, 5) is 31.1. The third kappa shape index (κ3) is 5.03. The Labute approximate surface area is 209 Å². The number of rotatable bonds is 5. The number of pyridine rings is 1.